The Balaban J connectivity index is 1.67. The van der Waals surface area contributed by atoms with Gasteiger partial charge in [-0.3, -0.25) is 0 Å². The van der Waals surface area contributed by atoms with E-state index < -0.39 is 5.97 Å². The molecule has 1 aromatic carbocycles. The third kappa shape index (κ3) is 3.09. The summed E-state index contributed by atoms with van der Waals surface area (Å²) >= 11 is 0. The van der Waals surface area contributed by atoms with E-state index in [1.807, 2.05) is 18.2 Å². The SMILES string of the molecule is CC(NCc1ccc2oc(C(=O)O)cc2c1)C1CCCO1. The number of ether oxygens (including phenoxy) is 1. The number of carboxylic acids is 1. The number of carboxylic acid groups (broad SMARTS) is 1. The number of carbonyl (C=O) groups is 1. The van der Waals surface area contributed by atoms with Crippen molar-refractivity contribution in [1.82, 2.24) is 5.32 Å². The Bertz CT molecular complexity index is 643. The number of nitrogens with one attached hydrogen (secondary N) is 1. The van der Waals surface area contributed by atoms with Crippen molar-refractivity contribution in [2.75, 3.05) is 6.61 Å². The fourth-order valence-electron chi connectivity index (χ4n) is 2.72. The lowest BCUT2D eigenvalue weighted by Crippen LogP contribution is -2.36. The number of fused-ring (bicyclic) bond motifs is 1. The first kappa shape index (κ1) is 14.1. The van der Waals surface area contributed by atoms with E-state index in [0.717, 1.165) is 36.9 Å². The molecule has 3 rings (SSSR count). The molecule has 2 heterocycles. The van der Waals surface area contributed by atoms with Crippen LogP contribution in [-0.4, -0.2) is 29.8 Å². The molecule has 0 aliphatic carbocycles. The lowest BCUT2D eigenvalue weighted by atomic mass is 10.1. The van der Waals surface area contributed by atoms with Crippen molar-refractivity contribution in [3.05, 3.63) is 35.6 Å². The van der Waals surface area contributed by atoms with E-state index in [-0.39, 0.29) is 5.76 Å². The zero-order chi connectivity index (χ0) is 14.8. The van der Waals surface area contributed by atoms with Crippen LogP contribution in [0.1, 0.15) is 35.9 Å². The van der Waals surface area contributed by atoms with Crippen LogP contribution in [0.3, 0.4) is 0 Å². The van der Waals surface area contributed by atoms with Crippen LogP contribution >= 0.6 is 0 Å². The van der Waals surface area contributed by atoms with E-state index in [1.54, 1.807) is 6.07 Å². The molecule has 1 aromatic heterocycles. The molecule has 0 spiro atoms. The molecule has 0 saturated carbocycles. The highest BCUT2D eigenvalue weighted by molar-refractivity contribution is 5.91. The van der Waals surface area contributed by atoms with Gasteiger partial charge in [0.25, 0.3) is 0 Å². The highest BCUT2D eigenvalue weighted by Crippen LogP contribution is 2.21. The Hall–Kier alpha value is -1.85. The lowest BCUT2D eigenvalue weighted by molar-refractivity contribution is 0.0665. The van der Waals surface area contributed by atoms with Gasteiger partial charge in [0.2, 0.25) is 5.76 Å². The second-order valence-corrected chi connectivity index (χ2v) is 5.51. The Kier molecular flexibility index (Phi) is 3.94. The molecular weight excluding hydrogens is 270 g/mol. The van der Waals surface area contributed by atoms with Crippen LogP contribution in [0.15, 0.2) is 28.7 Å². The Labute approximate surface area is 122 Å². The highest BCUT2D eigenvalue weighted by Gasteiger charge is 2.21. The number of hydrogen-bond donors (Lipinski definition) is 2. The van der Waals surface area contributed by atoms with Gasteiger partial charge < -0.3 is 19.6 Å². The van der Waals surface area contributed by atoms with E-state index in [4.69, 9.17) is 14.3 Å². The first-order chi connectivity index (χ1) is 10.1. The summed E-state index contributed by atoms with van der Waals surface area (Å²) in [4.78, 5) is 10.9. The third-order valence-corrected chi connectivity index (χ3v) is 3.94. The van der Waals surface area contributed by atoms with Crippen molar-refractivity contribution in [1.29, 1.82) is 0 Å². The highest BCUT2D eigenvalue weighted by atomic mass is 16.5. The molecular formula is C16H19NO4. The van der Waals surface area contributed by atoms with Crippen LogP contribution in [0.25, 0.3) is 11.0 Å². The summed E-state index contributed by atoms with van der Waals surface area (Å²) < 4.78 is 10.9. The molecule has 0 radical (unpaired) electrons. The fraction of sp³-hybridized carbons (Fsp3) is 0.438. The number of furan rings is 1. The van der Waals surface area contributed by atoms with Gasteiger partial charge in [-0.2, -0.15) is 0 Å². The number of hydrogen-bond acceptors (Lipinski definition) is 4. The van der Waals surface area contributed by atoms with Crippen LogP contribution in [0.5, 0.6) is 0 Å². The zero-order valence-electron chi connectivity index (χ0n) is 12.0. The summed E-state index contributed by atoms with van der Waals surface area (Å²) in [6.07, 6.45) is 2.54. The van der Waals surface area contributed by atoms with E-state index in [2.05, 4.69) is 12.2 Å². The van der Waals surface area contributed by atoms with Gasteiger partial charge >= 0.3 is 5.97 Å². The van der Waals surface area contributed by atoms with Crippen LogP contribution in [0.2, 0.25) is 0 Å². The molecule has 5 heteroatoms. The Morgan fingerprint density at radius 1 is 1.48 bits per heavy atom. The Morgan fingerprint density at radius 3 is 3.05 bits per heavy atom. The average molecular weight is 289 g/mol. The molecule has 112 valence electrons. The summed E-state index contributed by atoms with van der Waals surface area (Å²) in [6, 6.07) is 7.59. The maximum atomic E-state index is 10.9. The topological polar surface area (TPSA) is 71.7 Å². The van der Waals surface area contributed by atoms with Crippen LogP contribution in [0.4, 0.5) is 0 Å². The zero-order valence-corrected chi connectivity index (χ0v) is 12.0. The predicted octanol–water partition coefficient (Wildman–Crippen LogP) is 2.79. The second kappa shape index (κ2) is 5.87. The first-order valence-electron chi connectivity index (χ1n) is 7.24. The molecule has 21 heavy (non-hydrogen) atoms. The second-order valence-electron chi connectivity index (χ2n) is 5.51. The van der Waals surface area contributed by atoms with Gasteiger partial charge in [0.1, 0.15) is 5.58 Å². The van der Waals surface area contributed by atoms with Gasteiger partial charge in [-0.1, -0.05) is 6.07 Å². The summed E-state index contributed by atoms with van der Waals surface area (Å²) in [7, 11) is 0. The van der Waals surface area contributed by atoms with E-state index >= 15 is 0 Å². The molecule has 1 aliphatic rings. The minimum Gasteiger partial charge on any atom is -0.475 e. The monoisotopic (exact) mass is 289 g/mol. The Morgan fingerprint density at radius 2 is 2.33 bits per heavy atom. The maximum absolute atomic E-state index is 10.9. The van der Waals surface area contributed by atoms with Crippen molar-refractivity contribution >= 4 is 16.9 Å². The van der Waals surface area contributed by atoms with Gasteiger partial charge in [0.05, 0.1) is 6.10 Å². The molecule has 2 N–H and O–H groups in total. The van der Waals surface area contributed by atoms with Crippen LogP contribution in [-0.2, 0) is 11.3 Å². The predicted molar refractivity (Wildman–Crippen MR) is 78.4 cm³/mol. The molecule has 1 aliphatic heterocycles. The first-order valence-corrected chi connectivity index (χ1v) is 7.24. The van der Waals surface area contributed by atoms with Crippen molar-refractivity contribution in [3.8, 4) is 0 Å². The van der Waals surface area contributed by atoms with Gasteiger partial charge in [0, 0.05) is 24.6 Å². The molecule has 5 nitrogen and oxygen atoms in total. The lowest BCUT2D eigenvalue weighted by Gasteiger charge is -2.20. The minimum atomic E-state index is -1.04. The number of aromatic carboxylic acids is 1. The largest absolute Gasteiger partial charge is 0.475 e. The summed E-state index contributed by atoms with van der Waals surface area (Å²) in [5.74, 6) is -1.07. The molecule has 2 atom stereocenters. The maximum Gasteiger partial charge on any atom is 0.371 e. The molecule has 0 amide bonds. The van der Waals surface area contributed by atoms with E-state index in [1.165, 1.54) is 0 Å². The van der Waals surface area contributed by atoms with Crippen LogP contribution in [0, 0.1) is 0 Å². The quantitative estimate of drug-likeness (QED) is 0.885. The van der Waals surface area contributed by atoms with Crippen molar-refractivity contribution in [2.45, 2.75) is 38.5 Å². The normalized spacial score (nSPS) is 20.0. The summed E-state index contributed by atoms with van der Waals surface area (Å²) in [5.41, 5.74) is 1.70. The average Bonchev–Trinajstić information content (AvgIpc) is 3.13. The van der Waals surface area contributed by atoms with Crippen LogP contribution < -0.4 is 5.32 Å². The third-order valence-electron chi connectivity index (χ3n) is 3.94. The van der Waals surface area contributed by atoms with E-state index in [0.29, 0.717) is 17.7 Å². The molecule has 0 bridgehead atoms. The fourth-order valence-corrected chi connectivity index (χ4v) is 2.72. The molecule has 1 fully saturated rings. The van der Waals surface area contributed by atoms with Crippen molar-refractivity contribution in [2.24, 2.45) is 0 Å². The summed E-state index contributed by atoms with van der Waals surface area (Å²) in [6.45, 7) is 3.72. The van der Waals surface area contributed by atoms with Gasteiger partial charge in [-0.15, -0.1) is 0 Å². The van der Waals surface area contributed by atoms with E-state index in [9.17, 15) is 4.79 Å². The summed E-state index contributed by atoms with van der Waals surface area (Å²) in [5, 5.41) is 13.2. The standard InChI is InChI=1S/C16H19NO4/c1-10(13-3-2-6-20-13)17-9-11-4-5-14-12(7-11)8-15(21-14)16(18)19/h4-5,7-8,10,13,17H,2-3,6,9H2,1H3,(H,18,19). The van der Waals surface area contributed by atoms with Crippen molar-refractivity contribution in [3.63, 3.8) is 0 Å². The van der Waals surface area contributed by atoms with Gasteiger partial charge in [-0.25, -0.2) is 4.79 Å². The molecule has 1 saturated heterocycles. The van der Waals surface area contributed by atoms with Crippen molar-refractivity contribution < 1.29 is 19.1 Å². The smallest absolute Gasteiger partial charge is 0.371 e. The van der Waals surface area contributed by atoms with Gasteiger partial charge in [0.15, 0.2) is 0 Å². The number of benzene rings is 1. The molecule has 2 unspecified atom stereocenters. The molecule has 2 aromatic rings. The number of rotatable bonds is 5. The minimum absolute atomic E-state index is 0.0252. The van der Waals surface area contributed by atoms with Gasteiger partial charge in [-0.05, 0) is 43.5 Å².